The second-order valence-electron chi connectivity index (χ2n) is 2.61. The molecule has 0 bridgehead atoms. The summed E-state index contributed by atoms with van der Waals surface area (Å²) in [7, 11) is 0. The van der Waals surface area contributed by atoms with Gasteiger partial charge in [-0.15, -0.1) is 0 Å². The number of benzene rings is 1. The van der Waals surface area contributed by atoms with Gasteiger partial charge in [0.1, 0.15) is 3.70 Å². The van der Waals surface area contributed by atoms with Crippen LogP contribution in [-0.4, -0.2) is 10.2 Å². The van der Waals surface area contributed by atoms with E-state index in [-0.39, 0.29) is 0 Å². The van der Waals surface area contributed by atoms with E-state index < -0.39 is 0 Å². The Labute approximate surface area is 88.4 Å². The third kappa shape index (κ3) is 1.11. The molecule has 0 amide bonds. The van der Waals surface area contributed by atoms with Gasteiger partial charge in [-0.2, -0.15) is 5.10 Å². The lowest BCUT2D eigenvalue weighted by Crippen LogP contribution is -1.77. The molecule has 4 heteroatoms. The predicted molar refractivity (Wildman–Crippen MR) is 58.6 cm³/mol. The van der Waals surface area contributed by atoms with Crippen LogP contribution in [0.2, 0.25) is 5.02 Å². The normalized spacial score (nSPS) is 10.9. The Morgan fingerprint density at radius 2 is 2.25 bits per heavy atom. The summed E-state index contributed by atoms with van der Waals surface area (Å²) in [6, 6.07) is 3.88. The average molecular weight is 293 g/mol. The average Bonchev–Trinajstić information content (AvgIpc) is 2.41. The molecule has 1 N–H and O–H groups in total. The lowest BCUT2D eigenvalue weighted by Gasteiger charge is -1.97. The van der Waals surface area contributed by atoms with Gasteiger partial charge in [0.2, 0.25) is 0 Å². The van der Waals surface area contributed by atoms with E-state index in [9.17, 15) is 0 Å². The van der Waals surface area contributed by atoms with Crippen molar-refractivity contribution in [1.29, 1.82) is 0 Å². The van der Waals surface area contributed by atoms with E-state index in [1.165, 1.54) is 0 Å². The van der Waals surface area contributed by atoms with Crippen LogP contribution in [0.25, 0.3) is 10.9 Å². The number of hydrogen-bond acceptors (Lipinski definition) is 1. The standard InChI is InChI=1S/C8H6ClIN2/c1-4-6(9)3-2-5-7(4)11-12-8(5)10/h2-3H,1H3,(H,11,12). The fourth-order valence-corrected chi connectivity index (χ4v) is 1.90. The molecule has 1 heterocycles. The van der Waals surface area contributed by atoms with Gasteiger partial charge in [0.25, 0.3) is 0 Å². The Balaban J connectivity index is 2.93. The first-order valence-electron chi connectivity index (χ1n) is 3.49. The summed E-state index contributed by atoms with van der Waals surface area (Å²) < 4.78 is 0.988. The molecule has 1 aromatic heterocycles. The minimum Gasteiger partial charge on any atom is -0.276 e. The number of aromatic amines is 1. The summed E-state index contributed by atoms with van der Waals surface area (Å²) in [4.78, 5) is 0. The summed E-state index contributed by atoms with van der Waals surface area (Å²) in [6.45, 7) is 1.99. The first-order chi connectivity index (χ1) is 5.70. The first-order valence-corrected chi connectivity index (χ1v) is 4.94. The molecule has 0 aliphatic heterocycles. The maximum Gasteiger partial charge on any atom is 0.130 e. The number of fused-ring (bicyclic) bond motifs is 1. The van der Waals surface area contributed by atoms with Gasteiger partial charge < -0.3 is 0 Å². The van der Waals surface area contributed by atoms with E-state index in [1.807, 2.05) is 19.1 Å². The van der Waals surface area contributed by atoms with Gasteiger partial charge in [-0.1, -0.05) is 11.6 Å². The molecule has 0 atom stereocenters. The van der Waals surface area contributed by atoms with E-state index >= 15 is 0 Å². The minimum absolute atomic E-state index is 0.780. The summed E-state index contributed by atoms with van der Waals surface area (Å²) in [5, 5.41) is 8.97. The van der Waals surface area contributed by atoms with E-state index in [0.29, 0.717) is 0 Å². The van der Waals surface area contributed by atoms with Crippen molar-refractivity contribution >= 4 is 45.1 Å². The molecule has 0 radical (unpaired) electrons. The summed E-state index contributed by atoms with van der Waals surface area (Å²) in [6.07, 6.45) is 0. The third-order valence-electron chi connectivity index (χ3n) is 1.89. The maximum absolute atomic E-state index is 5.95. The van der Waals surface area contributed by atoms with Crippen LogP contribution in [0.3, 0.4) is 0 Å². The van der Waals surface area contributed by atoms with Crippen LogP contribution in [0.15, 0.2) is 12.1 Å². The molecule has 0 fully saturated rings. The Morgan fingerprint density at radius 1 is 1.50 bits per heavy atom. The molecule has 62 valence electrons. The lowest BCUT2D eigenvalue weighted by atomic mass is 10.2. The number of halogens is 2. The summed E-state index contributed by atoms with van der Waals surface area (Å²) in [5.74, 6) is 0. The zero-order valence-corrected chi connectivity index (χ0v) is 9.27. The van der Waals surface area contributed by atoms with Gasteiger partial charge in [-0.05, 0) is 47.2 Å². The molecule has 0 saturated heterocycles. The van der Waals surface area contributed by atoms with Crippen LogP contribution in [-0.2, 0) is 0 Å². The molecule has 0 aliphatic rings. The molecular formula is C8H6ClIN2. The minimum atomic E-state index is 0.780. The lowest BCUT2D eigenvalue weighted by molar-refractivity contribution is 1.09. The second-order valence-corrected chi connectivity index (χ2v) is 4.04. The molecule has 12 heavy (non-hydrogen) atoms. The van der Waals surface area contributed by atoms with Crippen LogP contribution in [0.5, 0.6) is 0 Å². The number of hydrogen-bond donors (Lipinski definition) is 1. The highest BCUT2D eigenvalue weighted by Gasteiger charge is 2.06. The highest BCUT2D eigenvalue weighted by Crippen LogP contribution is 2.25. The van der Waals surface area contributed by atoms with Gasteiger partial charge in [0.05, 0.1) is 5.52 Å². The van der Waals surface area contributed by atoms with Crippen LogP contribution in [0.1, 0.15) is 5.56 Å². The Bertz CT molecular complexity index is 436. The molecule has 0 spiro atoms. The molecule has 0 aliphatic carbocycles. The monoisotopic (exact) mass is 292 g/mol. The zero-order chi connectivity index (χ0) is 8.72. The largest absolute Gasteiger partial charge is 0.276 e. The fraction of sp³-hybridized carbons (Fsp3) is 0.125. The van der Waals surface area contributed by atoms with Gasteiger partial charge in [-0.25, -0.2) is 0 Å². The zero-order valence-electron chi connectivity index (χ0n) is 6.36. The number of nitrogens with one attached hydrogen (secondary N) is 1. The van der Waals surface area contributed by atoms with Gasteiger partial charge in [-0.3, -0.25) is 5.10 Å². The van der Waals surface area contributed by atoms with Crippen molar-refractivity contribution in [1.82, 2.24) is 10.2 Å². The molecule has 0 saturated carbocycles. The summed E-state index contributed by atoms with van der Waals surface area (Å²) >= 11 is 8.14. The second kappa shape index (κ2) is 2.88. The van der Waals surface area contributed by atoms with Crippen LogP contribution in [0, 0.1) is 10.6 Å². The van der Waals surface area contributed by atoms with Crippen molar-refractivity contribution in [2.75, 3.05) is 0 Å². The van der Waals surface area contributed by atoms with Crippen LogP contribution in [0.4, 0.5) is 0 Å². The number of nitrogens with zero attached hydrogens (tertiary/aromatic N) is 1. The van der Waals surface area contributed by atoms with Crippen molar-refractivity contribution in [2.45, 2.75) is 6.92 Å². The third-order valence-corrected chi connectivity index (χ3v) is 3.12. The quantitative estimate of drug-likeness (QED) is 0.743. The highest BCUT2D eigenvalue weighted by atomic mass is 127. The van der Waals surface area contributed by atoms with E-state index in [2.05, 4.69) is 32.8 Å². The van der Waals surface area contributed by atoms with E-state index in [1.54, 1.807) is 0 Å². The molecule has 2 nitrogen and oxygen atoms in total. The Morgan fingerprint density at radius 3 is 3.00 bits per heavy atom. The number of aromatic nitrogens is 2. The van der Waals surface area contributed by atoms with E-state index in [4.69, 9.17) is 11.6 Å². The van der Waals surface area contributed by atoms with Gasteiger partial charge in [0, 0.05) is 10.4 Å². The molecule has 2 aromatic rings. The van der Waals surface area contributed by atoms with E-state index in [0.717, 1.165) is 25.2 Å². The SMILES string of the molecule is Cc1c(Cl)ccc2c(I)n[nH]c12. The number of aryl methyl sites for hydroxylation is 1. The molecule has 0 unspecified atom stereocenters. The number of rotatable bonds is 0. The number of H-pyrrole nitrogens is 1. The van der Waals surface area contributed by atoms with Crippen LogP contribution >= 0.6 is 34.2 Å². The molecule has 1 aromatic carbocycles. The molecular weight excluding hydrogens is 286 g/mol. The van der Waals surface area contributed by atoms with Crippen molar-refractivity contribution in [3.63, 3.8) is 0 Å². The first kappa shape index (κ1) is 8.31. The van der Waals surface area contributed by atoms with Crippen molar-refractivity contribution in [3.8, 4) is 0 Å². The topological polar surface area (TPSA) is 28.7 Å². The Kier molecular flexibility index (Phi) is 2.00. The van der Waals surface area contributed by atoms with Crippen LogP contribution < -0.4 is 0 Å². The Hall–Kier alpha value is -0.290. The highest BCUT2D eigenvalue weighted by molar-refractivity contribution is 14.1. The molecule has 2 rings (SSSR count). The van der Waals surface area contributed by atoms with Crippen molar-refractivity contribution < 1.29 is 0 Å². The van der Waals surface area contributed by atoms with Gasteiger partial charge >= 0.3 is 0 Å². The predicted octanol–water partition coefficient (Wildman–Crippen LogP) is 3.13. The van der Waals surface area contributed by atoms with Crippen molar-refractivity contribution in [2.24, 2.45) is 0 Å². The summed E-state index contributed by atoms with van der Waals surface area (Å²) in [5.41, 5.74) is 2.09. The maximum atomic E-state index is 5.95. The fourth-order valence-electron chi connectivity index (χ4n) is 1.17. The smallest absolute Gasteiger partial charge is 0.130 e. The van der Waals surface area contributed by atoms with Crippen molar-refractivity contribution in [3.05, 3.63) is 26.4 Å². The van der Waals surface area contributed by atoms with Gasteiger partial charge in [0.15, 0.2) is 0 Å².